The fraction of sp³-hybridized carbons (Fsp3) is 0.263. The summed E-state index contributed by atoms with van der Waals surface area (Å²) in [6, 6.07) is 5.58. The Hall–Kier alpha value is -3.44. The minimum atomic E-state index is -0.542. The highest BCUT2D eigenvalue weighted by Crippen LogP contribution is 2.46. The number of benzene rings is 1. The molecule has 0 amide bonds. The third-order valence-electron chi connectivity index (χ3n) is 3.99. The largest absolute Gasteiger partial charge is 0.493 e. The Morgan fingerprint density at radius 1 is 1.19 bits per heavy atom. The van der Waals surface area contributed by atoms with Crippen molar-refractivity contribution >= 4 is 12.0 Å². The molecular weight excluding hydrogens is 350 g/mol. The van der Waals surface area contributed by atoms with E-state index in [2.05, 4.69) is 15.8 Å². The summed E-state index contributed by atoms with van der Waals surface area (Å²) >= 11 is 0. The number of H-pyrrole nitrogens is 1. The summed E-state index contributed by atoms with van der Waals surface area (Å²) in [5.74, 6) is 0.778. The first kappa shape index (κ1) is 19.9. The predicted octanol–water partition coefficient (Wildman–Crippen LogP) is 2.22. The van der Waals surface area contributed by atoms with E-state index in [-0.39, 0.29) is 12.2 Å². The topological polar surface area (TPSA) is 120 Å². The number of nitrogens with one attached hydrogen (secondary N) is 1. The van der Waals surface area contributed by atoms with Gasteiger partial charge in [-0.1, -0.05) is 0 Å². The molecule has 0 aliphatic rings. The van der Waals surface area contributed by atoms with Gasteiger partial charge in [-0.05, 0) is 18.2 Å². The molecular formula is C19H21N3O5. The Balaban J connectivity index is 2.82. The molecule has 27 heavy (non-hydrogen) atoms. The van der Waals surface area contributed by atoms with Gasteiger partial charge in [0.2, 0.25) is 5.75 Å². The predicted molar refractivity (Wildman–Crippen MR) is 99.5 cm³/mol. The Kier molecular flexibility index (Phi) is 6.46. The van der Waals surface area contributed by atoms with Gasteiger partial charge in [-0.15, -0.1) is 0 Å². The maximum absolute atomic E-state index is 11.5. The van der Waals surface area contributed by atoms with Crippen LogP contribution >= 0.6 is 0 Å². The molecule has 0 saturated carbocycles. The third-order valence-corrected chi connectivity index (χ3v) is 3.99. The number of aromatic amines is 1. The van der Waals surface area contributed by atoms with E-state index in [0.717, 1.165) is 0 Å². The van der Waals surface area contributed by atoms with Crippen LogP contribution < -0.4 is 19.9 Å². The lowest BCUT2D eigenvalue weighted by Crippen LogP contribution is -2.01. The van der Waals surface area contributed by atoms with Crippen molar-refractivity contribution in [2.45, 2.75) is 6.54 Å². The first-order valence-corrected chi connectivity index (χ1v) is 7.96. The first-order valence-electron chi connectivity index (χ1n) is 7.96. The first-order chi connectivity index (χ1) is 13.1. The molecule has 0 saturated heterocycles. The zero-order valence-corrected chi connectivity index (χ0v) is 15.6. The van der Waals surface area contributed by atoms with Crippen LogP contribution in [0, 0.1) is 11.3 Å². The van der Waals surface area contributed by atoms with Gasteiger partial charge in [0.15, 0.2) is 11.5 Å². The second kappa shape index (κ2) is 8.78. The number of carbonyl (C=O) groups excluding carboxylic acids is 1. The number of rotatable bonds is 7. The van der Waals surface area contributed by atoms with Crippen LogP contribution in [-0.4, -0.2) is 39.4 Å². The van der Waals surface area contributed by atoms with Gasteiger partial charge in [-0.3, -0.25) is 0 Å². The Labute approximate surface area is 157 Å². The van der Waals surface area contributed by atoms with Crippen molar-refractivity contribution in [2.24, 2.45) is 5.73 Å². The average molecular weight is 371 g/mol. The highest BCUT2D eigenvalue weighted by molar-refractivity contribution is 5.92. The van der Waals surface area contributed by atoms with E-state index in [9.17, 15) is 10.1 Å². The van der Waals surface area contributed by atoms with Gasteiger partial charge in [-0.25, -0.2) is 4.79 Å². The van der Waals surface area contributed by atoms with Crippen LogP contribution in [0.5, 0.6) is 17.2 Å². The SMILES string of the molecule is COC(=O)C=Cc1c(C#N)[nH]c(CN)c1-c1ccc(OC)c(OC)c1OC. The number of nitrogens with zero attached hydrogens (tertiary/aromatic N) is 1. The summed E-state index contributed by atoms with van der Waals surface area (Å²) in [4.78, 5) is 14.5. The molecule has 0 spiro atoms. The van der Waals surface area contributed by atoms with E-state index in [1.807, 2.05) is 0 Å². The standard InChI is InChI=1S/C19H21N3O5/c1-24-15-7-5-12(18(26-3)19(15)27-4)17-11(6-8-16(23)25-2)13(9-20)22-14(17)10-21/h5-8,22H,10,21H2,1-4H3. The zero-order chi connectivity index (χ0) is 20.0. The number of nitriles is 1. The van der Waals surface area contributed by atoms with Crippen molar-refractivity contribution in [1.82, 2.24) is 4.98 Å². The highest BCUT2D eigenvalue weighted by atomic mass is 16.5. The Bertz CT molecular complexity index is 909. The third kappa shape index (κ3) is 3.73. The van der Waals surface area contributed by atoms with E-state index in [0.29, 0.717) is 39.6 Å². The van der Waals surface area contributed by atoms with Crippen molar-refractivity contribution in [3.05, 3.63) is 35.2 Å². The van der Waals surface area contributed by atoms with E-state index in [1.54, 1.807) is 12.1 Å². The van der Waals surface area contributed by atoms with E-state index in [4.69, 9.17) is 19.9 Å². The van der Waals surface area contributed by atoms with Gasteiger partial charge in [0.25, 0.3) is 0 Å². The molecule has 0 radical (unpaired) electrons. The lowest BCUT2D eigenvalue weighted by Gasteiger charge is -2.16. The number of esters is 1. The number of methoxy groups -OCH3 is 4. The number of nitrogens with two attached hydrogens (primary N) is 1. The lowest BCUT2D eigenvalue weighted by molar-refractivity contribution is -0.134. The van der Waals surface area contributed by atoms with Crippen LogP contribution in [0.1, 0.15) is 17.0 Å². The van der Waals surface area contributed by atoms with Crippen LogP contribution in [-0.2, 0) is 16.1 Å². The molecule has 0 fully saturated rings. The Morgan fingerprint density at radius 3 is 2.41 bits per heavy atom. The number of aromatic nitrogens is 1. The summed E-state index contributed by atoms with van der Waals surface area (Å²) in [6.45, 7) is 0.146. The number of hydrogen-bond acceptors (Lipinski definition) is 7. The number of hydrogen-bond donors (Lipinski definition) is 2. The van der Waals surface area contributed by atoms with Crippen molar-refractivity contribution < 1.29 is 23.7 Å². The smallest absolute Gasteiger partial charge is 0.330 e. The van der Waals surface area contributed by atoms with Crippen molar-refractivity contribution in [3.8, 4) is 34.4 Å². The Morgan fingerprint density at radius 2 is 1.89 bits per heavy atom. The highest BCUT2D eigenvalue weighted by Gasteiger charge is 2.23. The molecule has 8 heteroatoms. The molecule has 142 valence electrons. The molecule has 2 aromatic rings. The summed E-state index contributed by atoms with van der Waals surface area (Å²) in [5, 5.41) is 9.48. The maximum Gasteiger partial charge on any atom is 0.330 e. The summed E-state index contributed by atoms with van der Waals surface area (Å²) < 4.78 is 20.9. The zero-order valence-electron chi connectivity index (χ0n) is 15.6. The molecule has 1 aromatic heterocycles. The fourth-order valence-corrected chi connectivity index (χ4v) is 2.80. The normalized spacial score (nSPS) is 10.5. The average Bonchev–Trinajstić information content (AvgIpc) is 3.07. The van der Waals surface area contributed by atoms with Gasteiger partial charge >= 0.3 is 5.97 Å². The molecule has 3 N–H and O–H groups in total. The summed E-state index contributed by atoms with van der Waals surface area (Å²) in [5.41, 5.74) is 8.51. The quantitative estimate of drug-likeness (QED) is 0.565. The van der Waals surface area contributed by atoms with Crippen molar-refractivity contribution in [2.75, 3.05) is 28.4 Å². The molecule has 1 aromatic carbocycles. The van der Waals surface area contributed by atoms with E-state index < -0.39 is 5.97 Å². The number of ether oxygens (including phenoxy) is 4. The monoisotopic (exact) mass is 371 g/mol. The van der Waals surface area contributed by atoms with E-state index >= 15 is 0 Å². The van der Waals surface area contributed by atoms with Crippen LogP contribution in [0.4, 0.5) is 0 Å². The molecule has 0 aliphatic heterocycles. The van der Waals surface area contributed by atoms with Gasteiger partial charge < -0.3 is 29.7 Å². The molecule has 0 bridgehead atoms. The van der Waals surface area contributed by atoms with Gasteiger partial charge in [0.1, 0.15) is 11.8 Å². The molecule has 2 rings (SSSR count). The summed E-state index contributed by atoms with van der Waals surface area (Å²) in [6.07, 6.45) is 2.74. The van der Waals surface area contributed by atoms with Crippen LogP contribution in [0.3, 0.4) is 0 Å². The van der Waals surface area contributed by atoms with Gasteiger partial charge in [0.05, 0.1) is 28.4 Å². The molecule has 8 nitrogen and oxygen atoms in total. The van der Waals surface area contributed by atoms with Crippen LogP contribution in [0.2, 0.25) is 0 Å². The fourth-order valence-electron chi connectivity index (χ4n) is 2.80. The lowest BCUT2D eigenvalue weighted by atomic mass is 9.97. The summed E-state index contributed by atoms with van der Waals surface area (Å²) in [7, 11) is 5.81. The second-order valence-electron chi connectivity index (χ2n) is 5.32. The van der Waals surface area contributed by atoms with Gasteiger partial charge in [-0.2, -0.15) is 5.26 Å². The van der Waals surface area contributed by atoms with E-state index in [1.165, 1.54) is 40.6 Å². The van der Waals surface area contributed by atoms with Crippen LogP contribution in [0.25, 0.3) is 17.2 Å². The maximum atomic E-state index is 11.5. The molecule has 0 unspecified atom stereocenters. The van der Waals surface area contributed by atoms with Crippen molar-refractivity contribution in [1.29, 1.82) is 5.26 Å². The molecule has 0 aliphatic carbocycles. The molecule has 1 heterocycles. The minimum absolute atomic E-state index is 0.146. The molecule has 0 atom stereocenters. The minimum Gasteiger partial charge on any atom is -0.493 e. The second-order valence-corrected chi connectivity index (χ2v) is 5.32. The van der Waals surface area contributed by atoms with Crippen LogP contribution in [0.15, 0.2) is 18.2 Å². The van der Waals surface area contributed by atoms with Gasteiger partial charge in [0, 0.05) is 35.0 Å². The number of carbonyl (C=O) groups is 1. The van der Waals surface area contributed by atoms with Crippen molar-refractivity contribution in [3.63, 3.8) is 0 Å².